The Hall–Kier alpha value is -1.50. The third kappa shape index (κ3) is 3.58. The van der Waals surface area contributed by atoms with E-state index in [0.29, 0.717) is 19.1 Å². The molecule has 0 spiro atoms. The first-order chi connectivity index (χ1) is 10.0. The average Bonchev–Trinajstić information content (AvgIpc) is 3.19. The number of hydrogen-bond acceptors (Lipinski definition) is 5. The number of hydrogen-bond donors (Lipinski definition) is 2. The molecule has 0 aromatic carbocycles. The van der Waals surface area contributed by atoms with E-state index in [1.165, 1.54) is 7.05 Å². The van der Waals surface area contributed by atoms with Crippen molar-refractivity contribution < 1.29 is 23.8 Å². The largest absolute Gasteiger partial charge is 0.449 e. The van der Waals surface area contributed by atoms with Crippen LogP contribution in [0.3, 0.4) is 0 Å². The van der Waals surface area contributed by atoms with Crippen molar-refractivity contribution in [3.63, 3.8) is 0 Å². The fourth-order valence-electron chi connectivity index (χ4n) is 3.20. The molecule has 0 aromatic heterocycles. The van der Waals surface area contributed by atoms with Crippen LogP contribution in [0.4, 0.5) is 9.59 Å². The molecule has 0 radical (unpaired) electrons. The summed E-state index contributed by atoms with van der Waals surface area (Å²) in [6.45, 7) is 3.38. The van der Waals surface area contributed by atoms with Crippen LogP contribution in [0.15, 0.2) is 0 Å². The Labute approximate surface area is 124 Å². The van der Waals surface area contributed by atoms with Gasteiger partial charge in [-0.3, -0.25) is 0 Å². The number of carbonyl (C=O) groups excluding carboxylic acids is 2. The molecule has 7 nitrogen and oxygen atoms in total. The van der Waals surface area contributed by atoms with Crippen LogP contribution in [-0.2, 0) is 14.2 Å². The number of amides is 2. The predicted octanol–water partition coefficient (Wildman–Crippen LogP) is 1.13. The van der Waals surface area contributed by atoms with Crippen LogP contribution in [0, 0.1) is 17.8 Å². The van der Waals surface area contributed by atoms with Crippen molar-refractivity contribution in [1.29, 1.82) is 0 Å². The van der Waals surface area contributed by atoms with Gasteiger partial charge >= 0.3 is 12.2 Å². The minimum absolute atomic E-state index is 0.234. The molecule has 21 heavy (non-hydrogen) atoms. The van der Waals surface area contributed by atoms with Gasteiger partial charge in [-0.2, -0.15) is 0 Å². The van der Waals surface area contributed by atoms with Crippen molar-refractivity contribution in [2.24, 2.45) is 17.8 Å². The van der Waals surface area contributed by atoms with Crippen LogP contribution in [0.5, 0.6) is 0 Å². The first-order valence-corrected chi connectivity index (χ1v) is 7.35. The summed E-state index contributed by atoms with van der Waals surface area (Å²) in [5, 5.41) is 4.88. The minimum atomic E-state index is -0.450. The van der Waals surface area contributed by atoms with Gasteiger partial charge in [0.25, 0.3) is 0 Å². The summed E-state index contributed by atoms with van der Waals surface area (Å²) in [7, 11) is 3.07. The molecular weight excluding hydrogens is 276 g/mol. The molecule has 1 heterocycles. The lowest BCUT2D eigenvalue weighted by Gasteiger charge is -2.27. The van der Waals surface area contributed by atoms with Crippen LogP contribution >= 0.6 is 0 Å². The lowest BCUT2D eigenvalue weighted by molar-refractivity contribution is 0.0472. The van der Waals surface area contributed by atoms with Gasteiger partial charge in [-0.1, -0.05) is 6.92 Å². The number of epoxide rings is 1. The van der Waals surface area contributed by atoms with Crippen molar-refractivity contribution in [3.8, 4) is 0 Å². The molecule has 7 heteroatoms. The number of rotatable bonds is 5. The molecule has 2 rings (SSSR count). The maximum absolute atomic E-state index is 11.3. The molecule has 2 aliphatic rings. The van der Waals surface area contributed by atoms with E-state index in [9.17, 15) is 9.59 Å². The summed E-state index contributed by atoms with van der Waals surface area (Å²) < 4.78 is 16.0. The molecule has 1 aliphatic heterocycles. The van der Waals surface area contributed by atoms with Crippen molar-refractivity contribution >= 4 is 12.2 Å². The average molecular weight is 300 g/mol. The summed E-state index contributed by atoms with van der Waals surface area (Å²) in [6, 6.07) is 0. The van der Waals surface area contributed by atoms with Gasteiger partial charge in [0.1, 0.15) is 12.2 Å². The molecule has 1 aliphatic carbocycles. The zero-order valence-corrected chi connectivity index (χ0v) is 12.8. The molecule has 0 aromatic rings. The Morgan fingerprint density at radius 2 is 1.81 bits per heavy atom. The molecule has 0 bridgehead atoms. The molecule has 1 saturated carbocycles. The van der Waals surface area contributed by atoms with Crippen LogP contribution in [0.1, 0.15) is 19.8 Å². The van der Waals surface area contributed by atoms with E-state index in [0.717, 1.165) is 12.8 Å². The van der Waals surface area contributed by atoms with Crippen molar-refractivity contribution in [2.45, 2.75) is 25.4 Å². The lowest BCUT2D eigenvalue weighted by Crippen LogP contribution is -2.38. The summed E-state index contributed by atoms with van der Waals surface area (Å²) >= 11 is 0. The lowest BCUT2D eigenvalue weighted by atomic mass is 9.82. The Bertz CT molecular complexity index is 397. The highest BCUT2D eigenvalue weighted by molar-refractivity contribution is 5.67. The molecule has 2 fully saturated rings. The Balaban J connectivity index is 1.93. The van der Waals surface area contributed by atoms with Crippen molar-refractivity contribution in [3.05, 3.63) is 0 Å². The highest BCUT2D eigenvalue weighted by Gasteiger charge is 2.57. The second kappa shape index (κ2) is 6.51. The first-order valence-electron chi connectivity index (χ1n) is 7.35. The van der Waals surface area contributed by atoms with E-state index in [4.69, 9.17) is 14.2 Å². The summed E-state index contributed by atoms with van der Waals surface area (Å²) in [4.78, 5) is 22.5. The van der Waals surface area contributed by atoms with Gasteiger partial charge < -0.3 is 24.8 Å². The monoisotopic (exact) mass is 300 g/mol. The summed E-state index contributed by atoms with van der Waals surface area (Å²) in [6.07, 6.45) is 1.20. The third-order valence-corrected chi connectivity index (χ3v) is 4.63. The molecule has 120 valence electrons. The van der Waals surface area contributed by atoms with Crippen LogP contribution in [0.25, 0.3) is 0 Å². The second-order valence-electron chi connectivity index (χ2n) is 5.85. The zero-order valence-electron chi connectivity index (χ0n) is 12.8. The zero-order chi connectivity index (χ0) is 15.5. The minimum Gasteiger partial charge on any atom is -0.449 e. The van der Waals surface area contributed by atoms with Gasteiger partial charge in [0, 0.05) is 20.0 Å². The molecule has 4 atom stereocenters. The van der Waals surface area contributed by atoms with Crippen LogP contribution in [-0.4, -0.2) is 51.7 Å². The number of carbonyl (C=O) groups is 2. The maximum Gasteiger partial charge on any atom is 0.406 e. The van der Waals surface area contributed by atoms with Crippen molar-refractivity contribution in [2.75, 3.05) is 33.9 Å². The molecule has 2 N–H and O–H groups in total. The van der Waals surface area contributed by atoms with E-state index in [1.54, 1.807) is 7.05 Å². The van der Waals surface area contributed by atoms with Crippen molar-refractivity contribution in [1.82, 2.24) is 10.6 Å². The molecule has 2 amide bonds. The quantitative estimate of drug-likeness (QED) is 0.743. The normalized spacial score (nSPS) is 34.1. The second-order valence-corrected chi connectivity index (χ2v) is 5.85. The van der Waals surface area contributed by atoms with E-state index < -0.39 is 17.8 Å². The Kier molecular flexibility index (Phi) is 4.92. The first kappa shape index (κ1) is 15.9. The van der Waals surface area contributed by atoms with Gasteiger partial charge in [0.05, 0.1) is 13.2 Å². The highest BCUT2D eigenvalue weighted by Crippen LogP contribution is 2.50. The molecule has 1 saturated heterocycles. The summed E-state index contributed by atoms with van der Waals surface area (Å²) in [5.41, 5.74) is -0.395. The third-order valence-electron chi connectivity index (χ3n) is 4.63. The van der Waals surface area contributed by atoms with Gasteiger partial charge in [0.15, 0.2) is 0 Å². The predicted molar refractivity (Wildman–Crippen MR) is 74.9 cm³/mol. The smallest absolute Gasteiger partial charge is 0.406 e. The number of alkyl carbamates (subject to hydrolysis) is 2. The Morgan fingerprint density at radius 3 is 2.38 bits per heavy atom. The molecular formula is C14H24N2O5. The van der Waals surface area contributed by atoms with E-state index in [2.05, 4.69) is 17.6 Å². The standard InChI is InChI=1S/C14H24N2O5/c1-9-4-5-11(10(9)6-19-12(17)15-2)14(8-21-14)7-20-13(18)16-3/h9-11H,4-8H2,1-3H3,(H,15,17)(H,16,18)/t9-,10+,11-,14?/m0/s1. The van der Waals surface area contributed by atoms with E-state index >= 15 is 0 Å². The Morgan fingerprint density at radius 1 is 1.19 bits per heavy atom. The fourth-order valence-corrected chi connectivity index (χ4v) is 3.20. The number of nitrogens with one attached hydrogen (secondary N) is 2. The van der Waals surface area contributed by atoms with Gasteiger partial charge in [-0.05, 0) is 24.7 Å². The van der Waals surface area contributed by atoms with E-state index in [1.807, 2.05) is 0 Å². The number of ether oxygens (including phenoxy) is 3. The SMILES string of the molecule is CNC(=O)OC[C@@H]1[C@@H](C)CC[C@@H]1C1(COC(=O)NC)CO1. The highest BCUT2D eigenvalue weighted by atomic mass is 16.6. The van der Waals surface area contributed by atoms with E-state index in [-0.39, 0.29) is 18.4 Å². The van der Waals surface area contributed by atoms with Gasteiger partial charge in [0.2, 0.25) is 0 Å². The topological polar surface area (TPSA) is 89.2 Å². The van der Waals surface area contributed by atoms with Gasteiger partial charge in [-0.25, -0.2) is 9.59 Å². The molecule has 1 unspecified atom stereocenters. The maximum atomic E-state index is 11.3. The van der Waals surface area contributed by atoms with Gasteiger partial charge in [-0.15, -0.1) is 0 Å². The van der Waals surface area contributed by atoms with Crippen LogP contribution in [0.2, 0.25) is 0 Å². The fraction of sp³-hybridized carbons (Fsp3) is 0.857. The summed E-state index contributed by atoms with van der Waals surface area (Å²) in [5.74, 6) is 0.945. The van der Waals surface area contributed by atoms with Crippen LogP contribution < -0.4 is 10.6 Å².